The highest BCUT2D eigenvalue weighted by molar-refractivity contribution is 6.33. The minimum atomic E-state index is -4.75. The second kappa shape index (κ2) is 9.87. The van der Waals surface area contributed by atoms with Crippen molar-refractivity contribution >= 4 is 29.2 Å². The van der Waals surface area contributed by atoms with Crippen molar-refractivity contribution in [1.29, 1.82) is 0 Å². The first-order chi connectivity index (χ1) is 17.0. The largest absolute Gasteiger partial charge is 0.457 e. The van der Waals surface area contributed by atoms with Gasteiger partial charge in [-0.2, -0.15) is 18.3 Å². The monoisotopic (exact) mass is 541 g/mol. The molecule has 186 valence electrons. The molecule has 0 radical (unpaired) electrons. The van der Waals surface area contributed by atoms with E-state index in [-0.39, 0.29) is 34.1 Å². The fourth-order valence-electron chi connectivity index (χ4n) is 3.33. The van der Waals surface area contributed by atoms with Gasteiger partial charge in [-0.25, -0.2) is 23.2 Å². The summed E-state index contributed by atoms with van der Waals surface area (Å²) in [4.78, 5) is 16.5. The molecule has 0 N–H and O–H groups in total. The van der Waals surface area contributed by atoms with Crippen molar-refractivity contribution in [2.24, 2.45) is 7.05 Å². The molecule has 5 nitrogen and oxygen atoms in total. The number of esters is 1. The number of halogens is 7. The van der Waals surface area contributed by atoms with Crippen LogP contribution in [0.15, 0.2) is 54.6 Å². The van der Waals surface area contributed by atoms with Crippen LogP contribution in [0, 0.1) is 11.6 Å². The number of carbonyl (C=O) groups excluding carboxylic acids is 1. The Bertz CT molecular complexity index is 1450. The highest BCUT2D eigenvalue weighted by atomic mass is 35.5. The molecule has 0 saturated carbocycles. The normalized spacial score (nSPS) is 11.6. The van der Waals surface area contributed by atoms with E-state index in [1.165, 1.54) is 35.0 Å². The summed E-state index contributed by atoms with van der Waals surface area (Å²) in [6.45, 7) is -0.368. The van der Waals surface area contributed by atoms with Crippen LogP contribution < -0.4 is 0 Å². The molecule has 0 bridgehead atoms. The van der Waals surface area contributed by atoms with Gasteiger partial charge in [-0.05, 0) is 36.4 Å². The summed E-state index contributed by atoms with van der Waals surface area (Å²) >= 11 is 12.4. The van der Waals surface area contributed by atoms with Crippen molar-refractivity contribution in [2.45, 2.75) is 12.8 Å². The lowest BCUT2D eigenvalue weighted by molar-refractivity contribution is -0.137. The molecule has 0 unspecified atom stereocenters. The Morgan fingerprint density at radius 2 is 1.75 bits per heavy atom. The third kappa shape index (κ3) is 5.19. The SMILES string of the molecule is Cn1nc(-c2c(F)cccc2Cl)nc1-c1ccc(COC(=O)c2ccc(C(F)(F)F)cc2F)c(Cl)c1. The summed E-state index contributed by atoms with van der Waals surface area (Å²) in [7, 11) is 1.60. The molecule has 0 spiro atoms. The van der Waals surface area contributed by atoms with Gasteiger partial charge in [-0.15, -0.1) is 0 Å². The Balaban J connectivity index is 1.52. The smallest absolute Gasteiger partial charge is 0.416 e. The van der Waals surface area contributed by atoms with Crippen LogP contribution >= 0.6 is 23.2 Å². The highest BCUT2D eigenvalue weighted by Crippen LogP contribution is 2.32. The first-order valence-corrected chi connectivity index (χ1v) is 10.9. The predicted octanol–water partition coefficient (Wildman–Crippen LogP) is 7.11. The fourth-order valence-corrected chi connectivity index (χ4v) is 3.82. The quantitative estimate of drug-likeness (QED) is 0.199. The van der Waals surface area contributed by atoms with Crippen LogP contribution in [-0.2, 0) is 24.6 Å². The van der Waals surface area contributed by atoms with Gasteiger partial charge >= 0.3 is 12.1 Å². The molecule has 4 aromatic rings. The van der Waals surface area contributed by atoms with Gasteiger partial charge in [-0.3, -0.25) is 0 Å². The molecule has 36 heavy (non-hydrogen) atoms. The number of hydrogen-bond acceptors (Lipinski definition) is 4. The molecule has 0 atom stereocenters. The number of alkyl halides is 3. The number of hydrogen-bond donors (Lipinski definition) is 0. The van der Waals surface area contributed by atoms with E-state index < -0.39 is 34.9 Å². The maximum absolute atomic E-state index is 14.3. The van der Waals surface area contributed by atoms with E-state index >= 15 is 0 Å². The number of carbonyl (C=O) groups is 1. The number of aromatic nitrogens is 3. The maximum Gasteiger partial charge on any atom is 0.416 e. The number of rotatable bonds is 5. The lowest BCUT2D eigenvalue weighted by Crippen LogP contribution is -2.11. The van der Waals surface area contributed by atoms with E-state index in [1.807, 2.05) is 0 Å². The second-order valence-electron chi connectivity index (χ2n) is 7.55. The predicted molar refractivity (Wildman–Crippen MR) is 122 cm³/mol. The third-order valence-electron chi connectivity index (χ3n) is 5.14. The summed E-state index contributed by atoms with van der Waals surface area (Å²) in [6.07, 6.45) is -4.75. The Morgan fingerprint density at radius 3 is 2.39 bits per heavy atom. The molecule has 1 aromatic heterocycles. The van der Waals surface area contributed by atoms with Gasteiger partial charge in [-0.1, -0.05) is 41.4 Å². The molecular weight excluding hydrogens is 528 g/mol. The molecule has 0 amide bonds. The Hall–Kier alpha value is -3.50. The molecular formula is C24H14Cl2F5N3O2. The van der Waals surface area contributed by atoms with E-state index in [9.17, 15) is 26.7 Å². The van der Waals surface area contributed by atoms with Crippen LogP contribution in [0.2, 0.25) is 10.0 Å². The minimum absolute atomic E-state index is 0.0474. The summed E-state index contributed by atoms with van der Waals surface area (Å²) in [5.41, 5.74) is -0.960. The van der Waals surface area contributed by atoms with Crippen molar-refractivity contribution in [3.8, 4) is 22.8 Å². The molecule has 1 heterocycles. The van der Waals surface area contributed by atoms with E-state index in [0.29, 0.717) is 29.1 Å². The standard InChI is InChI=1S/C24H14Cl2F5N3O2/c1-34-22(32-21(33-34)20-16(25)3-2-4-18(20)27)12-5-6-13(17(26)9-12)11-36-23(35)15-8-7-14(10-19(15)28)24(29,30)31/h2-10H,11H2,1H3. The first-order valence-electron chi connectivity index (χ1n) is 10.1. The van der Waals surface area contributed by atoms with Crippen LogP contribution in [0.3, 0.4) is 0 Å². The first kappa shape index (κ1) is 25.6. The van der Waals surface area contributed by atoms with Crippen LogP contribution in [0.1, 0.15) is 21.5 Å². The van der Waals surface area contributed by atoms with Gasteiger partial charge in [0.2, 0.25) is 0 Å². The van der Waals surface area contributed by atoms with Gasteiger partial charge in [0.25, 0.3) is 0 Å². The Labute approximate surface area is 211 Å². The lowest BCUT2D eigenvalue weighted by atomic mass is 10.1. The van der Waals surface area contributed by atoms with E-state index in [1.54, 1.807) is 13.1 Å². The van der Waals surface area contributed by atoms with Crippen molar-refractivity contribution < 1.29 is 31.5 Å². The van der Waals surface area contributed by atoms with Crippen LogP contribution in [0.5, 0.6) is 0 Å². The highest BCUT2D eigenvalue weighted by Gasteiger charge is 2.32. The fraction of sp³-hybridized carbons (Fsp3) is 0.125. The number of nitrogens with zero attached hydrogens (tertiary/aromatic N) is 3. The molecule has 0 aliphatic heterocycles. The number of ether oxygens (including phenoxy) is 1. The van der Waals surface area contributed by atoms with Crippen LogP contribution in [0.25, 0.3) is 22.8 Å². The average molecular weight is 542 g/mol. The third-order valence-corrected chi connectivity index (χ3v) is 5.80. The molecule has 12 heteroatoms. The van der Waals surface area contributed by atoms with Crippen LogP contribution in [0.4, 0.5) is 22.0 Å². The molecule has 4 rings (SSSR count). The zero-order valence-corrected chi connectivity index (χ0v) is 19.7. The molecule has 0 aliphatic carbocycles. The van der Waals surface area contributed by atoms with E-state index in [4.69, 9.17) is 27.9 Å². The Morgan fingerprint density at radius 1 is 1.00 bits per heavy atom. The number of benzene rings is 3. The summed E-state index contributed by atoms with van der Waals surface area (Å²) in [5.74, 6) is -2.67. The maximum atomic E-state index is 14.3. The van der Waals surface area contributed by atoms with E-state index in [0.717, 1.165) is 0 Å². The van der Waals surface area contributed by atoms with Crippen LogP contribution in [-0.4, -0.2) is 20.7 Å². The topological polar surface area (TPSA) is 57.0 Å². The van der Waals surface area contributed by atoms with Gasteiger partial charge in [0.15, 0.2) is 11.6 Å². The van der Waals surface area contributed by atoms with Crippen molar-refractivity contribution in [3.63, 3.8) is 0 Å². The Kier molecular flexibility index (Phi) is 7.01. The molecule has 3 aromatic carbocycles. The van der Waals surface area contributed by atoms with Crippen molar-refractivity contribution in [3.05, 3.63) is 93.0 Å². The molecule has 0 saturated heterocycles. The summed E-state index contributed by atoms with van der Waals surface area (Å²) in [6, 6.07) is 10.4. The lowest BCUT2D eigenvalue weighted by Gasteiger charge is -2.10. The summed E-state index contributed by atoms with van der Waals surface area (Å²) in [5, 5.41) is 4.53. The van der Waals surface area contributed by atoms with Gasteiger partial charge in [0.1, 0.15) is 18.2 Å². The minimum Gasteiger partial charge on any atom is -0.457 e. The molecule has 0 fully saturated rings. The number of aryl methyl sites for hydroxylation is 1. The van der Waals surface area contributed by atoms with Crippen molar-refractivity contribution in [2.75, 3.05) is 0 Å². The zero-order chi connectivity index (χ0) is 26.2. The van der Waals surface area contributed by atoms with Crippen molar-refractivity contribution in [1.82, 2.24) is 14.8 Å². The average Bonchev–Trinajstić information content (AvgIpc) is 3.18. The molecule has 0 aliphatic rings. The second-order valence-corrected chi connectivity index (χ2v) is 8.37. The van der Waals surface area contributed by atoms with E-state index in [2.05, 4.69) is 10.1 Å². The van der Waals surface area contributed by atoms with Gasteiger partial charge < -0.3 is 4.74 Å². The summed E-state index contributed by atoms with van der Waals surface area (Å²) < 4.78 is 72.8. The van der Waals surface area contributed by atoms with Gasteiger partial charge in [0, 0.05) is 23.2 Å². The van der Waals surface area contributed by atoms with Gasteiger partial charge in [0.05, 0.1) is 21.7 Å². The zero-order valence-electron chi connectivity index (χ0n) is 18.2.